The van der Waals surface area contributed by atoms with Crippen molar-refractivity contribution >= 4 is 22.1 Å². The van der Waals surface area contributed by atoms with Crippen molar-refractivity contribution in [3.05, 3.63) is 0 Å². The van der Waals surface area contributed by atoms with Gasteiger partial charge in [0.05, 0.1) is 6.42 Å². The topological polar surface area (TPSA) is 118 Å². The molecule has 2 unspecified atom stereocenters. The Hall–Kier alpha value is -1.15. The van der Waals surface area contributed by atoms with Crippen LogP contribution in [0.15, 0.2) is 0 Å². The highest BCUT2D eigenvalue weighted by molar-refractivity contribution is 7.87. The van der Waals surface area contributed by atoms with Crippen LogP contribution < -0.4 is 0 Å². The Balaban J connectivity index is 4.38. The maximum absolute atomic E-state index is 11.8. The Morgan fingerprint density at radius 2 is 1.54 bits per heavy atom. The summed E-state index contributed by atoms with van der Waals surface area (Å²) in [5, 5.41) is 6.61. The Morgan fingerprint density at radius 3 is 2.04 bits per heavy atom. The summed E-state index contributed by atoms with van der Waals surface area (Å²) in [5.41, 5.74) is 0. The van der Waals surface area contributed by atoms with Crippen molar-refractivity contribution in [2.75, 3.05) is 0 Å². The molecule has 24 heavy (non-hydrogen) atoms. The molecule has 2 atom stereocenters. The lowest BCUT2D eigenvalue weighted by atomic mass is 10.0. The third-order valence-corrected chi connectivity index (χ3v) is 4.86. The van der Waals surface area contributed by atoms with Gasteiger partial charge in [-0.15, -0.1) is 0 Å². The Kier molecular flexibility index (Phi) is 11.7. The molecule has 0 saturated heterocycles. The number of unbranched alkanes of at least 4 members (excludes halogenated alkanes) is 5. The predicted molar refractivity (Wildman–Crippen MR) is 90.4 cm³/mol. The molecule has 0 aromatic carbocycles. The molecular weight excluding hydrogens is 336 g/mol. The van der Waals surface area contributed by atoms with E-state index in [1.807, 2.05) is 6.92 Å². The maximum Gasteiger partial charge on any atom is 0.325 e. The second kappa shape index (κ2) is 12.2. The van der Waals surface area contributed by atoms with E-state index < -0.39 is 33.7 Å². The van der Waals surface area contributed by atoms with Crippen molar-refractivity contribution in [2.45, 2.75) is 89.4 Å². The Morgan fingerprint density at radius 1 is 0.958 bits per heavy atom. The van der Waals surface area contributed by atoms with Gasteiger partial charge in [0.15, 0.2) is 5.25 Å². The molecule has 0 aromatic heterocycles. The number of carbonyl (C=O) groups excluding carboxylic acids is 1. The minimum absolute atomic E-state index is 0.343. The maximum atomic E-state index is 11.8. The lowest BCUT2D eigenvalue weighted by Gasteiger charge is -2.18. The predicted octanol–water partition coefficient (Wildman–Crippen LogP) is 3.18. The van der Waals surface area contributed by atoms with Crippen molar-refractivity contribution in [3.63, 3.8) is 0 Å². The molecule has 0 saturated carbocycles. The molecule has 0 aromatic rings. The van der Waals surface area contributed by atoms with Gasteiger partial charge in [-0.1, -0.05) is 52.4 Å². The second-order valence-corrected chi connectivity index (χ2v) is 7.60. The number of carboxylic acids is 1. The summed E-state index contributed by atoms with van der Waals surface area (Å²) in [5.74, 6) is -2.68. The molecule has 0 radical (unpaired) electrons. The molecule has 2 N–H and O–H groups in total. The highest BCUT2D eigenvalue weighted by Crippen LogP contribution is 2.16. The van der Waals surface area contributed by atoms with Gasteiger partial charge in [0.25, 0.3) is 10.1 Å². The molecular formula is C16H30O7S. The number of hydrogen-bond donors (Lipinski definition) is 2. The van der Waals surface area contributed by atoms with E-state index in [9.17, 15) is 18.0 Å². The monoisotopic (exact) mass is 366 g/mol. The van der Waals surface area contributed by atoms with Gasteiger partial charge >= 0.3 is 11.9 Å². The normalized spacial score (nSPS) is 14.1. The zero-order valence-electron chi connectivity index (χ0n) is 14.6. The largest absolute Gasteiger partial charge is 0.480 e. The molecule has 0 rings (SSSR count). The molecule has 8 heteroatoms. The fourth-order valence-corrected chi connectivity index (χ4v) is 3.04. The fourth-order valence-electron chi connectivity index (χ4n) is 2.44. The summed E-state index contributed by atoms with van der Waals surface area (Å²) in [6.45, 7) is 4.09. The van der Waals surface area contributed by atoms with Crippen molar-refractivity contribution in [1.82, 2.24) is 0 Å². The van der Waals surface area contributed by atoms with Gasteiger partial charge in [0.2, 0.25) is 0 Å². The molecule has 0 fully saturated rings. The number of hydrogen-bond acceptors (Lipinski definition) is 5. The molecule has 0 amide bonds. The molecule has 7 nitrogen and oxygen atoms in total. The summed E-state index contributed by atoms with van der Waals surface area (Å²) >= 11 is 0. The Bertz CT molecular complexity index is 473. The first-order valence-corrected chi connectivity index (χ1v) is 10.1. The first-order chi connectivity index (χ1) is 11.2. The van der Waals surface area contributed by atoms with Gasteiger partial charge in [-0.2, -0.15) is 8.42 Å². The molecule has 0 aliphatic rings. The molecule has 142 valence electrons. The van der Waals surface area contributed by atoms with Crippen LogP contribution in [0, 0.1) is 0 Å². The highest BCUT2D eigenvalue weighted by Gasteiger charge is 2.34. The SMILES string of the molecule is CCCCCCCCC(CCC)OC(=O)CC(C(=O)O)S(=O)(=O)O. The molecule has 0 aliphatic heterocycles. The minimum Gasteiger partial charge on any atom is -0.480 e. The van der Waals surface area contributed by atoms with Crippen molar-refractivity contribution in [3.8, 4) is 0 Å². The zero-order valence-corrected chi connectivity index (χ0v) is 15.4. The summed E-state index contributed by atoms with van der Waals surface area (Å²) < 4.78 is 36.0. The van der Waals surface area contributed by atoms with Gasteiger partial charge < -0.3 is 9.84 Å². The first-order valence-electron chi connectivity index (χ1n) is 8.60. The minimum atomic E-state index is -4.84. The van der Waals surface area contributed by atoms with E-state index in [0.29, 0.717) is 12.8 Å². The molecule has 0 bridgehead atoms. The van der Waals surface area contributed by atoms with Crippen LogP contribution in [0.4, 0.5) is 0 Å². The van der Waals surface area contributed by atoms with Gasteiger partial charge in [-0.25, -0.2) is 0 Å². The third kappa shape index (κ3) is 10.6. The summed E-state index contributed by atoms with van der Waals surface area (Å²) in [4.78, 5) is 22.6. The van der Waals surface area contributed by atoms with Crippen LogP contribution in [-0.4, -0.2) is 41.4 Å². The average molecular weight is 366 g/mol. The lowest BCUT2D eigenvalue weighted by Crippen LogP contribution is -2.33. The van der Waals surface area contributed by atoms with Crippen LogP contribution in [0.3, 0.4) is 0 Å². The molecule has 0 aliphatic carbocycles. The van der Waals surface area contributed by atoms with Crippen LogP contribution >= 0.6 is 0 Å². The van der Waals surface area contributed by atoms with Crippen molar-refractivity contribution in [1.29, 1.82) is 0 Å². The summed E-state index contributed by atoms with van der Waals surface area (Å²) in [6, 6.07) is 0. The third-order valence-electron chi connectivity index (χ3n) is 3.78. The number of esters is 1. The van der Waals surface area contributed by atoms with E-state index in [1.54, 1.807) is 0 Å². The summed E-state index contributed by atoms with van der Waals surface area (Å²) in [6.07, 6.45) is 7.54. The van der Waals surface area contributed by atoms with Crippen molar-refractivity contribution in [2.24, 2.45) is 0 Å². The van der Waals surface area contributed by atoms with E-state index in [0.717, 1.165) is 25.7 Å². The van der Waals surface area contributed by atoms with Crippen molar-refractivity contribution < 1.29 is 32.4 Å². The highest BCUT2D eigenvalue weighted by atomic mass is 32.2. The number of carboxylic acid groups (broad SMARTS) is 1. The van der Waals surface area contributed by atoms with Crippen LogP contribution in [0.5, 0.6) is 0 Å². The zero-order chi connectivity index (χ0) is 18.6. The lowest BCUT2D eigenvalue weighted by molar-refractivity contribution is -0.152. The quantitative estimate of drug-likeness (QED) is 0.275. The van der Waals surface area contributed by atoms with E-state index in [-0.39, 0.29) is 6.10 Å². The average Bonchev–Trinajstić information content (AvgIpc) is 2.47. The fraction of sp³-hybridized carbons (Fsp3) is 0.875. The van der Waals surface area contributed by atoms with E-state index in [1.165, 1.54) is 19.3 Å². The number of rotatable bonds is 14. The van der Waals surface area contributed by atoms with Crippen LogP contribution in [0.1, 0.15) is 78.1 Å². The first kappa shape index (κ1) is 22.9. The Labute approximate surface area is 144 Å². The van der Waals surface area contributed by atoms with Crippen LogP contribution in [0.2, 0.25) is 0 Å². The van der Waals surface area contributed by atoms with Gasteiger partial charge in [0.1, 0.15) is 6.10 Å². The number of aliphatic carboxylic acids is 1. The van der Waals surface area contributed by atoms with Gasteiger partial charge in [0, 0.05) is 0 Å². The van der Waals surface area contributed by atoms with Crippen LogP contribution in [0.25, 0.3) is 0 Å². The van der Waals surface area contributed by atoms with E-state index >= 15 is 0 Å². The number of ether oxygens (including phenoxy) is 1. The molecule has 0 heterocycles. The smallest absolute Gasteiger partial charge is 0.325 e. The standard InChI is InChI=1S/C16H30O7S/c1-3-5-6-7-8-9-11-13(10-4-2)23-15(17)12-14(16(18)19)24(20,21)22/h13-14H,3-12H2,1-2H3,(H,18,19)(H,20,21,22). The van der Waals surface area contributed by atoms with Gasteiger partial charge in [-0.05, 0) is 19.3 Å². The second-order valence-electron chi connectivity index (χ2n) is 6.00. The number of carbonyl (C=O) groups is 2. The van der Waals surface area contributed by atoms with Gasteiger partial charge in [-0.3, -0.25) is 14.1 Å². The van der Waals surface area contributed by atoms with E-state index in [2.05, 4.69) is 6.92 Å². The van der Waals surface area contributed by atoms with Crippen LogP contribution in [-0.2, 0) is 24.4 Å². The van der Waals surface area contributed by atoms with E-state index in [4.69, 9.17) is 14.4 Å². The molecule has 0 spiro atoms. The summed E-state index contributed by atoms with van der Waals surface area (Å²) in [7, 11) is -4.84.